The highest BCUT2D eigenvalue weighted by molar-refractivity contribution is 6.32. The quantitative estimate of drug-likeness (QED) is 0.282. The first-order chi connectivity index (χ1) is 17.1. The van der Waals surface area contributed by atoms with Crippen LogP contribution >= 0.6 is 11.6 Å². The topological polar surface area (TPSA) is 63.8 Å². The highest BCUT2D eigenvalue weighted by Crippen LogP contribution is 2.30. The van der Waals surface area contributed by atoms with Gasteiger partial charge in [0.15, 0.2) is 0 Å². The minimum atomic E-state index is -0.310. The summed E-state index contributed by atoms with van der Waals surface area (Å²) in [4.78, 5) is 17.9. The molecule has 0 aliphatic carbocycles. The van der Waals surface area contributed by atoms with Crippen LogP contribution in [-0.2, 0) is 0 Å². The van der Waals surface area contributed by atoms with E-state index in [-0.39, 0.29) is 11.4 Å². The number of aromatic nitrogens is 1. The first-order valence-electron chi connectivity index (χ1n) is 11.0. The van der Waals surface area contributed by atoms with Crippen molar-refractivity contribution in [3.63, 3.8) is 0 Å². The predicted octanol–water partition coefficient (Wildman–Crippen LogP) is 6.78. The lowest BCUT2D eigenvalue weighted by molar-refractivity contribution is 0.415. The predicted molar refractivity (Wildman–Crippen MR) is 142 cm³/mol. The lowest BCUT2D eigenvalue weighted by Crippen LogP contribution is -2.20. The molecule has 0 saturated heterocycles. The molecule has 0 radical (unpaired) electrons. The lowest BCUT2D eigenvalue weighted by Gasteiger charge is -2.14. The van der Waals surface area contributed by atoms with E-state index in [2.05, 4.69) is 4.99 Å². The van der Waals surface area contributed by atoms with Crippen LogP contribution < -0.4 is 10.3 Å². The summed E-state index contributed by atoms with van der Waals surface area (Å²) in [5, 5.41) is 12.8. The number of nitrogens with zero attached hydrogens (tertiary/aromatic N) is 2. The molecule has 5 rings (SSSR count). The van der Waals surface area contributed by atoms with E-state index in [0.29, 0.717) is 38.5 Å². The lowest BCUT2D eigenvalue weighted by atomic mass is 10.0. The first kappa shape index (κ1) is 22.4. The van der Waals surface area contributed by atoms with Crippen LogP contribution in [-0.4, -0.2) is 23.0 Å². The van der Waals surface area contributed by atoms with E-state index in [1.54, 1.807) is 49.7 Å². The number of pyridine rings is 1. The summed E-state index contributed by atoms with van der Waals surface area (Å²) in [5.41, 5.74) is 3.35. The molecule has 5 aromatic rings. The van der Waals surface area contributed by atoms with Gasteiger partial charge in [-0.3, -0.25) is 9.79 Å². The van der Waals surface area contributed by atoms with Crippen molar-refractivity contribution >= 4 is 34.3 Å². The van der Waals surface area contributed by atoms with Gasteiger partial charge < -0.3 is 9.84 Å². The molecule has 1 N–H and O–H groups in total. The highest BCUT2D eigenvalue weighted by Gasteiger charge is 2.16. The molecule has 172 valence electrons. The van der Waals surface area contributed by atoms with Crippen molar-refractivity contribution in [2.75, 3.05) is 7.11 Å². The summed E-state index contributed by atoms with van der Waals surface area (Å²) in [7, 11) is 1.55. The summed E-state index contributed by atoms with van der Waals surface area (Å²) in [6.45, 7) is 0. The maximum Gasteiger partial charge on any atom is 0.265 e. The third-order valence-electron chi connectivity index (χ3n) is 5.81. The second-order valence-electron chi connectivity index (χ2n) is 7.91. The summed E-state index contributed by atoms with van der Waals surface area (Å²) in [6, 6.07) is 29.8. The monoisotopic (exact) mass is 480 g/mol. The Kier molecular flexibility index (Phi) is 6.08. The number of aromatic hydroxyl groups is 1. The number of rotatable bonds is 5. The SMILES string of the molecule is COc1ccc(N=Cc2c(O)n(-c3ccc(-c4ccccc4)cc3)c(=O)c3ccccc23)cc1Cl. The fraction of sp³-hybridized carbons (Fsp3) is 0.0345. The second-order valence-corrected chi connectivity index (χ2v) is 8.32. The molecule has 0 bridgehead atoms. The fourth-order valence-corrected chi connectivity index (χ4v) is 4.29. The molecule has 0 spiro atoms. The first-order valence-corrected chi connectivity index (χ1v) is 11.3. The smallest absolute Gasteiger partial charge is 0.265 e. The van der Waals surface area contributed by atoms with Gasteiger partial charge in [0.2, 0.25) is 5.88 Å². The summed E-state index contributed by atoms with van der Waals surface area (Å²) in [5.74, 6) is 0.357. The van der Waals surface area contributed by atoms with Crippen molar-refractivity contribution in [3.05, 3.63) is 118 Å². The van der Waals surface area contributed by atoms with Crippen molar-refractivity contribution in [2.45, 2.75) is 0 Å². The van der Waals surface area contributed by atoms with Crippen LogP contribution in [0.25, 0.3) is 27.6 Å². The molecule has 0 amide bonds. The molecule has 35 heavy (non-hydrogen) atoms. The molecule has 0 unspecified atom stereocenters. The molecule has 1 heterocycles. The molecule has 0 aliphatic rings. The van der Waals surface area contributed by atoms with E-state index in [4.69, 9.17) is 16.3 Å². The Balaban J connectivity index is 1.63. The van der Waals surface area contributed by atoms with Crippen LogP contribution in [0, 0.1) is 0 Å². The van der Waals surface area contributed by atoms with E-state index < -0.39 is 0 Å². The standard InChI is InChI=1S/C29H21ClN2O3/c1-35-27-16-13-21(17-26(27)30)31-18-25-23-9-5-6-10-24(23)28(33)32(29(25)34)22-14-11-20(12-15-22)19-7-3-2-4-8-19/h2-18,34H,1H3. The van der Waals surface area contributed by atoms with Gasteiger partial charge in [0.25, 0.3) is 5.56 Å². The molecule has 0 atom stereocenters. The van der Waals surface area contributed by atoms with Crippen LogP contribution in [0.1, 0.15) is 5.56 Å². The Morgan fingerprint density at radius 1 is 0.857 bits per heavy atom. The van der Waals surface area contributed by atoms with E-state index >= 15 is 0 Å². The average Bonchev–Trinajstić information content (AvgIpc) is 2.90. The Morgan fingerprint density at radius 3 is 2.20 bits per heavy atom. The zero-order valence-corrected chi connectivity index (χ0v) is 19.6. The summed E-state index contributed by atoms with van der Waals surface area (Å²) >= 11 is 6.23. The maximum atomic E-state index is 13.4. The number of hydrogen-bond donors (Lipinski definition) is 1. The Bertz CT molecular complexity index is 1610. The molecule has 5 nitrogen and oxygen atoms in total. The van der Waals surface area contributed by atoms with Crippen molar-refractivity contribution in [3.8, 4) is 28.4 Å². The number of hydrogen-bond acceptors (Lipinski definition) is 4. The third kappa shape index (κ3) is 4.29. The Labute approximate surface area is 207 Å². The molecular formula is C29H21ClN2O3. The van der Waals surface area contributed by atoms with Crippen LogP contribution in [0.5, 0.6) is 11.6 Å². The van der Waals surface area contributed by atoms with Gasteiger partial charge >= 0.3 is 0 Å². The van der Waals surface area contributed by atoms with Crippen LogP contribution in [0.2, 0.25) is 5.02 Å². The molecule has 0 fully saturated rings. The van der Waals surface area contributed by atoms with Gasteiger partial charge in [-0.15, -0.1) is 0 Å². The van der Waals surface area contributed by atoms with Crippen LogP contribution in [0.15, 0.2) is 107 Å². The molecule has 0 aliphatic heterocycles. The van der Waals surface area contributed by atoms with Crippen molar-refractivity contribution in [1.82, 2.24) is 4.57 Å². The number of aliphatic imine (C=N–C) groups is 1. The van der Waals surface area contributed by atoms with Crippen LogP contribution in [0.3, 0.4) is 0 Å². The zero-order chi connectivity index (χ0) is 24.4. The number of methoxy groups -OCH3 is 1. The summed E-state index contributed by atoms with van der Waals surface area (Å²) in [6.07, 6.45) is 1.55. The number of halogens is 1. The minimum Gasteiger partial charge on any atom is -0.495 e. The van der Waals surface area contributed by atoms with E-state index in [1.807, 2.05) is 60.7 Å². The molecule has 0 saturated carbocycles. The zero-order valence-electron chi connectivity index (χ0n) is 18.9. The number of benzene rings is 4. The van der Waals surface area contributed by atoms with E-state index in [1.165, 1.54) is 4.57 Å². The van der Waals surface area contributed by atoms with Gasteiger partial charge in [-0.1, -0.05) is 72.3 Å². The van der Waals surface area contributed by atoms with E-state index in [0.717, 1.165) is 11.1 Å². The number of ether oxygens (including phenoxy) is 1. The van der Waals surface area contributed by atoms with Gasteiger partial charge in [0.05, 0.1) is 29.1 Å². The maximum absolute atomic E-state index is 13.4. The molecule has 1 aromatic heterocycles. The van der Waals surface area contributed by atoms with Crippen molar-refractivity contribution in [1.29, 1.82) is 0 Å². The normalized spacial score (nSPS) is 11.3. The average molecular weight is 481 g/mol. The minimum absolute atomic E-state index is 0.190. The van der Waals surface area contributed by atoms with E-state index in [9.17, 15) is 9.90 Å². The van der Waals surface area contributed by atoms with Gasteiger partial charge in [0, 0.05) is 17.0 Å². The van der Waals surface area contributed by atoms with Crippen LogP contribution in [0.4, 0.5) is 5.69 Å². The van der Waals surface area contributed by atoms with Crippen molar-refractivity contribution in [2.24, 2.45) is 4.99 Å². The Morgan fingerprint density at radius 2 is 1.51 bits per heavy atom. The number of fused-ring (bicyclic) bond motifs is 1. The van der Waals surface area contributed by atoms with Gasteiger partial charge in [-0.25, -0.2) is 4.57 Å². The van der Waals surface area contributed by atoms with Gasteiger partial charge in [-0.05, 0) is 47.5 Å². The summed E-state index contributed by atoms with van der Waals surface area (Å²) < 4.78 is 6.50. The molecule has 6 heteroatoms. The molecule has 4 aromatic carbocycles. The largest absolute Gasteiger partial charge is 0.495 e. The third-order valence-corrected chi connectivity index (χ3v) is 6.11. The highest BCUT2D eigenvalue weighted by atomic mass is 35.5. The second kappa shape index (κ2) is 9.49. The Hall–Kier alpha value is -4.35. The molecular weight excluding hydrogens is 460 g/mol. The van der Waals surface area contributed by atoms with Gasteiger partial charge in [0.1, 0.15) is 5.75 Å². The fourth-order valence-electron chi connectivity index (χ4n) is 4.04. The van der Waals surface area contributed by atoms with Crippen molar-refractivity contribution < 1.29 is 9.84 Å². The van der Waals surface area contributed by atoms with Gasteiger partial charge in [-0.2, -0.15) is 0 Å².